The van der Waals surface area contributed by atoms with Crippen molar-refractivity contribution in [1.29, 1.82) is 0 Å². The van der Waals surface area contributed by atoms with Crippen molar-refractivity contribution >= 4 is 5.97 Å². The van der Waals surface area contributed by atoms with Gasteiger partial charge in [-0.05, 0) is 65.4 Å². The number of ether oxygens (including phenoxy) is 4. The van der Waals surface area contributed by atoms with E-state index in [0.717, 1.165) is 38.7 Å². The molecular weight excluding hydrogens is 404 g/mol. The lowest BCUT2D eigenvalue weighted by Gasteiger charge is -2.42. The van der Waals surface area contributed by atoms with Gasteiger partial charge in [-0.25, -0.2) is 0 Å². The molecule has 2 aliphatic heterocycles. The van der Waals surface area contributed by atoms with Crippen LogP contribution in [0.4, 0.5) is 0 Å². The van der Waals surface area contributed by atoms with Crippen LogP contribution in [0.5, 0.6) is 0 Å². The molecule has 3 fully saturated rings. The molecule has 3 aliphatic rings. The number of carbonyl (C=O) groups is 1. The summed E-state index contributed by atoms with van der Waals surface area (Å²) < 4.78 is 24.2. The first kappa shape index (κ1) is 23.5. The van der Waals surface area contributed by atoms with E-state index < -0.39 is 0 Å². The lowest BCUT2D eigenvalue weighted by Crippen LogP contribution is -2.55. The van der Waals surface area contributed by atoms with Crippen molar-refractivity contribution in [3.63, 3.8) is 0 Å². The van der Waals surface area contributed by atoms with Crippen LogP contribution in [0.25, 0.3) is 0 Å². The van der Waals surface area contributed by atoms with Crippen LogP contribution in [0.3, 0.4) is 0 Å². The molecule has 176 valence electrons. The van der Waals surface area contributed by atoms with E-state index in [1.54, 1.807) is 7.11 Å². The number of hydrogen-bond donors (Lipinski definition) is 0. The fraction of sp³-hybridized carbons (Fsp3) is 0.667. The van der Waals surface area contributed by atoms with Gasteiger partial charge in [0.25, 0.3) is 0 Å². The molecule has 1 saturated carbocycles. The quantitative estimate of drug-likeness (QED) is 0.308. The van der Waals surface area contributed by atoms with Gasteiger partial charge in [0, 0.05) is 13.5 Å². The van der Waals surface area contributed by atoms with E-state index in [4.69, 9.17) is 18.9 Å². The van der Waals surface area contributed by atoms with E-state index in [9.17, 15) is 4.79 Å². The van der Waals surface area contributed by atoms with E-state index in [2.05, 4.69) is 58.0 Å². The number of benzene rings is 1. The van der Waals surface area contributed by atoms with Crippen LogP contribution < -0.4 is 0 Å². The predicted octanol–water partition coefficient (Wildman–Crippen LogP) is 4.94. The molecule has 6 atom stereocenters. The van der Waals surface area contributed by atoms with E-state index >= 15 is 0 Å². The fourth-order valence-electron chi connectivity index (χ4n) is 5.49. The molecule has 0 aromatic heterocycles. The molecule has 5 nitrogen and oxygen atoms in total. The summed E-state index contributed by atoms with van der Waals surface area (Å²) in [7, 11) is 1.72. The Morgan fingerprint density at radius 3 is 2.59 bits per heavy atom. The molecule has 0 unspecified atom stereocenters. The van der Waals surface area contributed by atoms with E-state index in [1.165, 1.54) is 16.7 Å². The zero-order valence-electron chi connectivity index (χ0n) is 20.2. The molecule has 5 heteroatoms. The molecule has 4 rings (SSSR count). The number of esters is 1. The summed E-state index contributed by atoms with van der Waals surface area (Å²) in [5.41, 5.74) is 3.30. The smallest absolute Gasteiger partial charge is 0.306 e. The highest BCUT2D eigenvalue weighted by Gasteiger charge is 2.72. The Hall–Kier alpha value is -1.69. The molecule has 1 aliphatic carbocycles. The highest BCUT2D eigenvalue weighted by atomic mass is 16.6. The molecular formula is C27H38O5. The first-order chi connectivity index (χ1) is 15.3. The minimum atomic E-state index is -0.306. The highest BCUT2D eigenvalue weighted by molar-refractivity contribution is 5.69. The zero-order valence-corrected chi connectivity index (χ0v) is 20.2. The van der Waals surface area contributed by atoms with Crippen LogP contribution in [0, 0.1) is 12.8 Å². The second-order valence-electron chi connectivity index (χ2n) is 10.2. The fourth-order valence-corrected chi connectivity index (χ4v) is 5.49. The first-order valence-electron chi connectivity index (χ1n) is 12.0. The van der Waals surface area contributed by atoms with Crippen LogP contribution in [0.2, 0.25) is 0 Å². The molecule has 0 bridgehead atoms. The van der Waals surface area contributed by atoms with Gasteiger partial charge < -0.3 is 18.9 Å². The minimum absolute atomic E-state index is 0.0645. The highest BCUT2D eigenvalue weighted by Crippen LogP contribution is 2.59. The first-order valence-corrected chi connectivity index (χ1v) is 12.0. The van der Waals surface area contributed by atoms with Crippen molar-refractivity contribution in [3.8, 4) is 0 Å². The molecule has 1 aromatic rings. The standard InChI is InChI=1S/C27H38O5/c1-18(2)9-14-22-26(4,32-22)25-24(29-5)21(15-16-27(25)17-30-27)31-23(28)8-6-7-20-12-10-19(3)11-13-20/h9-13,21-22,24-25H,6-8,14-17H2,1-5H3/t21-,22-,24-,25-,26+,27+/m1/s1. The molecule has 0 amide bonds. The second kappa shape index (κ2) is 9.28. The largest absolute Gasteiger partial charge is 0.460 e. The van der Waals surface area contributed by atoms with Crippen molar-refractivity contribution in [2.75, 3.05) is 13.7 Å². The van der Waals surface area contributed by atoms with Gasteiger partial charge in [0.15, 0.2) is 0 Å². The third-order valence-corrected chi connectivity index (χ3v) is 7.49. The molecule has 2 heterocycles. The summed E-state index contributed by atoms with van der Waals surface area (Å²) >= 11 is 0. The predicted molar refractivity (Wildman–Crippen MR) is 124 cm³/mol. The number of hydrogen-bond acceptors (Lipinski definition) is 5. The Kier molecular flexibility index (Phi) is 6.81. The molecule has 0 N–H and O–H groups in total. The monoisotopic (exact) mass is 442 g/mol. The Balaban J connectivity index is 1.35. The third-order valence-electron chi connectivity index (χ3n) is 7.49. The van der Waals surface area contributed by atoms with Crippen LogP contribution in [-0.4, -0.2) is 49.2 Å². The SMILES string of the molecule is CO[C@@H]1[C@H](OC(=O)CCCc2ccc(C)cc2)CC[C@]2(CO2)[C@H]1[C@@]1(C)O[C@@H]1CC=C(C)C. The molecule has 1 aromatic carbocycles. The Morgan fingerprint density at radius 2 is 1.97 bits per heavy atom. The van der Waals surface area contributed by atoms with Crippen molar-refractivity contribution in [1.82, 2.24) is 0 Å². The number of epoxide rings is 2. The van der Waals surface area contributed by atoms with Crippen molar-refractivity contribution in [2.24, 2.45) is 5.92 Å². The second-order valence-corrected chi connectivity index (χ2v) is 10.2. The van der Waals surface area contributed by atoms with E-state index in [1.807, 2.05) is 0 Å². The topological polar surface area (TPSA) is 60.6 Å². The van der Waals surface area contributed by atoms with Gasteiger partial charge in [-0.3, -0.25) is 4.79 Å². The van der Waals surface area contributed by atoms with Gasteiger partial charge in [0.05, 0.1) is 18.6 Å². The van der Waals surface area contributed by atoms with Gasteiger partial charge in [0.1, 0.15) is 23.4 Å². The summed E-state index contributed by atoms with van der Waals surface area (Å²) in [5, 5.41) is 0. The van der Waals surface area contributed by atoms with Crippen molar-refractivity contribution < 1.29 is 23.7 Å². The van der Waals surface area contributed by atoms with Gasteiger partial charge in [-0.15, -0.1) is 0 Å². The van der Waals surface area contributed by atoms with Crippen LogP contribution in [-0.2, 0) is 30.2 Å². The molecule has 2 saturated heterocycles. The Labute approximate surface area is 192 Å². The summed E-state index contributed by atoms with van der Waals surface area (Å²) in [6.07, 6.45) is 6.55. The lowest BCUT2D eigenvalue weighted by molar-refractivity contribution is -0.172. The normalized spacial score (nSPS) is 35.4. The maximum absolute atomic E-state index is 12.7. The third kappa shape index (κ3) is 4.95. The summed E-state index contributed by atoms with van der Waals surface area (Å²) in [6.45, 7) is 9.21. The molecule has 1 spiro atoms. The van der Waals surface area contributed by atoms with E-state index in [0.29, 0.717) is 6.42 Å². The average molecular weight is 443 g/mol. The number of carbonyl (C=O) groups excluding carboxylic acids is 1. The van der Waals surface area contributed by atoms with Gasteiger partial charge >= 0.3 is 5.97 Å². The maximum Gasteiger partial charge on any atom is 0.306 e. The minimum Gasteiger partial charge on any atom is -0.460 e. The van der Waals surface area contributed by atoms with Crippen LogP contribution >= 0.6 is 0 Å². The number of methoxy groups -OCH3 is 1. The van der Waals surface area contributed by atoms with Crippen LogP contribution in [0.1, 0.15) is 64.0 Å². The lowest BCUT2D eigenvalue weighted by atomic mass is 9.68. The van der Waals surface area contributed by atoms with Gasteiger partial charge in [-0.1, -0.05) is 41.5 Å². The van der Waals surface area contributed by atoms with Crippen molar-refractivity contribution in [3.05, 3.63) is 47.0 Å². The Bertz CT molecular complexity index is 836. The zero-order chi connectivity index (χ0) is 22.9. The van der Waals surface area contributed by atoms with Crippen molar-refractivity contribution in [2.45, 2.75) is 95.7 Å². The number of rotatable bonds is 9. The summed E-state index contributed by atoms with van der Waals surface area (Å²) in [6, 6.07) is 8.48. The summed E-state index contributed by atoms with van der Waals surface area (Å²) in [4.78, 5) is 12.7. The molecule has 32 heavy (non-hydrogen) atoms. The maximum atomic E-state index is 12.7. The number of allylic oxidation sites excluding steroid dienone is 1. The van der Waals surface area contributed by atoms with Gasteiger partial charge in [-0.2, -0.15) is 0 Å². The van der Waals surface area contributed by atoms with Gasteiger partial charge in [0.2, 0.25) is 0 Å². The number of aryl methyl sites for hydroxylation is 2. The summed E-state index contributed by atoms with van der Waals surface area (Å²) in [5.74, 6) is -0.0757. The van der Waals surface area contributed by atoms with Crippen LogP contribution in [0.15, 0.2) is 35.9 Å². The van der Waals surface area contributed by atoms with E-state index in [-0.39, 0.29) is 41.4 Å². The molecule has 0 radical (unpaired) electrons. The Morgan fingerprint density at radius 1 is 1.25 bits per heavy atom. The average Bonchev–Trinajstić information content (AvgIpc) is 3.66.